The first kappa shape index (κ1) is 21.6. The van der Waals surface area contributed by atoms with Gasteiger partial charge in [0.05, 0.1) is 10.9 Å². The van der Waals surface area contributed by atoms with Crippen LogP contribution in [-0.2, 0) is 19.4 Å². The van der Waals surface area contributed by atoms with Crippen molar-refractivity contribution < 1.29 is 4.79 Å². The lowest BCUT2D eigenvalue weighted by Gasteiger charge is -2.09. The van der Waals surface area contributed by atoms with Gasteiger partial charge in [0.1, 0.15) is 0 Å². The molecule has 0 fully saturated rings. The first-order valence-corrected chi connectivity index (χ1v) is 10.7. The second-order valence-electron chi connectivity index (χ2n) is 7.52. The van der Waals surface area contributed by atoms with E-state index in [1.54, 1.807) is 12.1 Å². The van der Waals surface area contributed by atoms with E-state index in [4.69, 9.17) is 11.6 Å². The van der Waals surface area contributed by atoms with Gasteiger partial charge in [-0.05, 0) is 54.3 Å². The Kier molecular flexibility index (Phi) is 6.52. The number of benzene rings is 3. The van der Waals surface area contributed by atoms with E-state index in [0.29, 0.717) is 40.9 Å². The third-order valence-electron chi connectivity index (χ3n) is 5.32. The average Bonchev–Trinajstić information content (AvgIpc) is 2.80. The van der Waals surface area contributed by atoms with E-state index < -0.39 is 5.69 Å². The first-order chi connectivity index (χ1) is 15.5. The van der Waals surface area contributed by atoms with Gasteiger partial charge in [-0.15, -0.1) is 0 Å². The zero-order chi connectivity index (χ0) is 22.5. The van der Waals surface area contributed by atoms with Crippen molar-refractivity contribution in [2.75, 3.05) is 6.54 Å². The second-order valence-corrected chi connectivity index (χ2v) is 7.95. The SMILES string of the molecule is O=C(NCCc1ccc(Cl)cc1)c1ccc2c(=O)n(CCc3ccccc3)c(=O)[nH]c2c1. The molecule has 0 aliphatic heterocycles. The first-order valence-electron chi connectivity index (χ1n) is 10.3. The number of carbonyl (C=O) groups is 1. The van der Waals surface area contributed by atoms with Crippen LogP contribution in [0.5, 0.6) is 0 Å². The largest absolute Gasteiger partial charge is 0.352 e. The Morgan fingerprint density at radius 1 is 0.906 bits per heavy atom. The molecular weight excluding hydrogens is 426 g/mol. The van der Waals surface area contributed by atoms with Gasteiger partial charge in [0.25, 0.3) is 11.5 Å². The highest BCUT2D eigenvalue weighted by Crippen LogP contribution is 2.11. The van der Waals surface area contributed by atoms with Crippen molar-refractivity contribution in [2.24, 2.45) is 0 Å². The van der Waals surface area contributed by atoms with Crippen molar-refractivity contribution in [3.05, 3.63) is 115 Å². The fourth-order valence-electron chi connectivity index (χ4n) is 3.56. The summed E-state index contributed by atoms with van der Waals surface area (Å²) < 4.78 is 1.20. The number of H-pyrrole nitrogens is 1. The third-order valence-corrected chi connectivity index (χ3v) is 5.58. The van der Waals surface area contributed by atoms with Crippen molar-refractivity contribution in [1.29, 1.82) is 0 Å². The van der Waals surface area contributed by atoms with Crippen LogP contribution in [0.2, 0.25) is 5.02 Å². The molecule has 0 saturated carbocycles. The number of aromatic amines is 1. The number of rotatable bonds is 7. The molecule has 4 rings (SSSR count). The number of amides is 1. The summed E-state index contributed by atoms with van der Waals surface area (Å²) >= 11 is 5.88. The number of hydrogen-bond acceptors (Lipinski definition) is 3. The number of halogens is 1. The van der Waals surface area contributed by atoms with E-state index in [2.05, 4.69) is 10.3 Å². The van der Waals surface area contributed by atoms with E-state index in [1.165, 1.54) is 10.6 Å². The maximum Gasteiger partial charge on any atom is 0.328 e. The molecule has 0 saturated heterocycles. The van der Waals surface area contributed by atoms with Crippen LogP contribution in [-0.4, -0.2) is 22.0 Å². The second kappa shape index (κ2) is 9.66. The lowest BCUT2D eigenvalue weighted by Crippen LogP contribution is -2.35. The fraction of sp³-hybridized carbons (Fsp3) is 0.160. The van der Waals surface area contributed by atoms with Crippen molar-refractivity contribution in [3.8, 4) is 0 Å². The molecule has 0 atom stereocenters. The maximum atomic E-state index is 12.8. The molecule has 0 spiro atoms. The van der Waals surface area contributed by atoms with Gasteiger partial charge in [-0.25, -0.2) is 4.79 Å². The Balaban J connectivity index is 1.47. The molecule has 7 heteroatoms. The zero-order valence-corrected chi connectivity index (χ0v) is 18.1. The number of nitrogens with zero attached hydrogens (tertiary/aromatic N) is 1. The molecule has 2 N–H and O–H groups in total. The number of aromatic nitrogens is 2. The predicted octanol–water partition coefficient (Wildman–Crippen LogP) is 3.56. The minimum Gasteiger partial charge on any atom is -0.352 e. The van der Waals surface area contributed by atoms with Gasteiger partial charge >= 0.3 is 5.69 Å². The molecule has 4 aromatic rings. The molecule has 1 heterocycles. The summed E-state index contributed by atoms with van der Waals surface area (Å²) in [6.07, 6.45) is 1.24. The molecule has 6 nitrogen and oxygen atoms in total. The van der Waals surface area contributed by atoms with Crippen LogP contribution >= 0.6 is 11.6 Å². The van der Waals surface area contributed by atoms with Gasteiger partial charge in [0, 0.05) is 23.7 Å². The molecule has 0 aliphatic rings. The Labute approximate surface area is 189 Å². The van der Waals surface area contributed by atoms with Gasteiger partial charge < -0.3 is 10.3 Å². The fourth-order valence-corrected chi connectivity index (χ4v) is 3.68. The quantitative estimate of drug-likeness (QED) is 0.454. The molecule has 0 unspecified atom stereocenters. The predicted molar refractivity (Wildman–Crippen MR) is 126 cm³/mol. The smallest absolute Gasteiger partial charge is 0.328 e. The summed E-state index contributed by atoms with van der Waals surface area (Å²) in [7, 11) is 0. The number of fused-ring (bicyclic) bond motifs is 1. The standard InChI is InChI=1S/C25H22ClN3O3/c26-20-9-6-18(7-10-20)12-14-27-23(30)19-8-11-21-22(16-19)28-25(32)29(24(21)31)15-13-17-4-2-1-3-5-17/h1-11,16H,12-15H2,(H,27,30)(H,28,32). The summed E-state index contributed by atoms with van der Waals surface area (Å²) in [5.74, 6) is -0.269. The van der Waals surface area contributed by atoms with Crippen molar-refractivity contribution in [3.63, 3.8) is 0 Å². The van der Waals surface area contributed by atoms with Crippen LogP contribution < -0.4 is 16.6 Å². The summed E-state index contributed by atoms with van der Waals surface area (Å²) in [5.41, 5.74) is 1.98. The molecule has 0 bridgehead atoms. The van der Waals surface area contributed by atoms with Crippen LogP contribution in [0.15, 0.2) is 82.4 Å². The van der Waals surface area contributed by atoms with Gasteiger partial charge in [0.2, 0.25) is 0 Å². The molecule has 32 heavy (non-hydrogen) atoms. The summed E-state index contributed by atoms with van der Waals surface area (Å²) in [6, 6.07) is 21.8. The average molecular weight is 448 g/mol. The molecule has 162 valence electrons. The topological polar surface area (TPSA) is 84.0 Å². The van der Waals surface area contributed by atoms with Gasteiger partial charge in [-0.3, -0.25) is 14.2 Å². The highest BCUT2D eigenvalue weighted by Gasteiger charge is 2.11. The monoisotopic (exact) mass is 447 g/mol. The van der Waals surface area contributed by atoms with Crippen molar-refractivity contribution in [1.82, 2.24) is 14.9 Å². The van der Waals surface area contributed by atoms with Gasteiger partial charge in [0.15, 0.2) is 0 Å². The van der Waals surface area contributed by atoms with Crippen LogP contribution in [0.3, 0.4) is 0 Å². The normalized spacial score (nSPS) is 10.9. The Bertz CT molecular complexity index is 1360. The Morgan fingerprint density at radius 2 is 1.62 bits per heavy atom. The van der Waals surface area contributed by atoms with E-state index in [1.807, 2.05) is 54.6 Å². The van der Waals surface area contributed by atoms with Gasteiger partial charge in [-0.1, -0.05) is 54.1 Å². The Hall–Kier alpha value is -3.64. The van der Waals surface area contributed by atoms with Crippen LogP contribution in [0.25, 0.3) is 10.9 Å². The van der Waals surface area contributed by atoms with Crippen molar-refractivity contribution in [2.45, 2.75) is 19.4 Å². The summed E-state index contributed by atoms with van der Waals surface area (Å²) in [6.45, 7) is 0.733. The van der Waals surface area contributed by atoms with Crippen LogP contribution in [0, 0.1) is 0 Å². The van der Waals surface area contributed by atoms with E-state index in [9.17, 15) is 14.4 Å². The minimum atomic E-state index is -0.487. The van der Waals surface area contributed by atoms with E-state index in [0.717, 1.165) is 11.1 Å². The van der Waals surface area contributed by atoms with E-state index in [-0.39, 0.29) is 18.0 Å². The lowest BCUT2D eigenvalue weighted by molar-refractivity contribution is 0.0954. The highest BCUT2D eigenvalue weighted by atomic mass is 35.5. The van der Waals surface area contributed by atoms with Crippen LogP contribution in [0.4, 0.5) is 0 Å². The number of aryl methyl sites for hydroxylation is 1. The summed E-state index contributed by atoms with van der Waals surface area (Å²) in [4.78, 5) is 40.6. The summed E-state index contributed by atoms with van der Waals surface area (Å²) in [5, 5.41) is 3.90. The minimum absolute atomic E-state index is 0.269. The Morgan fingerprint density at radius 3 is 2.38 bits per heavy atom. The molecule has 1 aromatic heterocycles. The number of nitrogens with one attached hydrogen (secondary N) is 2. The molecule has 3 aromatic carbocycles. The molecule has 1 amide bonds. The van der Waals surface area contributed by atoms with Crippen molar-refractivity contribution >= 4 is 28.4 Å². The zero-order valence-electron chi connectivity index (χ0n) is 17.3. The molecule has 0 aliphatic carbocycles. The number of carbonyl (C=O) groups excluding carboxylic acids is 1. The van der Waals surface area contributed by atoms with Crippen LogP contribution in [0.1, 0.15) is 21.5 Å². The molecule has 0 radical (unpaired) electrons. The third kappa shape index (κ3) is 4.98. The number of hydrogen-bond donors (Lipinski definition) is 2. The maximum absolute atomic E-state index is 12.8. The van der Waals surface area contributed by atoms with Gasteiger partial charge in [-0.2, -0.15) is 0 Å². The van der Waals surface area contributed by atoms with E-state index >= 15 is 0 Å². The molecular formula is C25H22ClN3O3. The highest BCUT2D eigenvalue weighted by molar-refractivity contribution is 6.30. The lowest BCUT2D eigenvalue weighted by atomic mass is 10.1.